The number of rotatable bonds is 12. The highest BCUT2D eigenvalue weighted by Gasteiger charge is 2.58. The molecule has 0 amide bonds. The molecule has 0 unspecified atom stereocenters. The Bertz CT molecular complexity index is 860. The number of esters is 2. The van der Waals surface area contributed by atoms with Crippen LogP contribution in [0.3, 0.4) is 0 Å². The number of carbonyl (C=O) groups excluding carboxylic acids is 2. The summed E-state index contributed by atoms with van der Waals surface area (Å²) < 4.78 is 9.95. The van der Waals surface area contributed by atoms with Gasteiger partial charge in [0, 0.05) is 28.5 Å². The quantitative estimate of drug-likeness (QED) is 0.0846. The van der Waals surface area contributed by atoms with Gasteiger partial charge in [0.2, 0.25) is 0 Å². The van der Waals surface area contributed by atoms with Crippen molar-refractivity contribution in [1.29, 1.82) is 0 Å². The molecular weight excluding hydrogens is 656 g/mol. The smallest absolute Gasteiger partial charge is 0.345 e. The lowest BCUT2D eigenvalue weighted by atomic mass is 10.3. The van der Waals surface area contributed by atoms with Gasteiger partial charge in [-0.2, -0.15) is 0 Å². The lowest BCUT2D eigenvalue weighted by Crippen LogP contribution is -2.41. The number of ether oxygens (including phenoxy) is 2. The Morgan fingerprint density at radius 3 is 1.38 bits per heavy atom. The van der Waals surface area contributed by atoms with E-state index in [0.29, 0.717) is 13.2 Å². The molecule has 0 bridgehead atoms. The topological polar surface area (TPSA) is 89.5 Å². The molecule has 3 rings (SSSR count). The predicted octanol–water partition coefficient (Wildman–Crippen LogP) is 6.06. The molecule has 1 aromatic rings. The van der Waals surface area contributed by atoms with E-state index in [4.69, 9.17) is 29.0 Å². The molecule has 14 heteroatoms. The number of hydrogen-bond acceptors (Lipinski definition) is 12. The average molecular weight is 680 g/mol. The first-order chi connectivity index (χ1) is 16.3. The van der Waals surface area contributed by atoms with E-state index in [9.17, 15) is 9.59 Å². The molecule has 190 valence electrons. The second kappa shape index (κ2) is 12.7. The van der Waals surface area contributed by atoms with Crippen molar-refractivity contribution in [3.63, 3.8) is 0 Å². The van der Waals surface area contributed by atoms with Crippen LogP contribution in [0.5, 0.6) is 0 Å². The molecule has 2 aliphatic rings. The minimum Gasteiger partial charge on any atom is -0.464 e. The highest BCUT2D eigenvalue weighted by molar-refractivity contribution is 9.11. The standard InChI is InChI=1S/C20H24Br2O8S4/c1-5-25-17(23)20(18(24)26-6-2)33-15-11(21)13-14(12(22)16(15)34-20)32-19(31-13,9-29-27-7-3)10-30-28-8-4/h5-10H2,1-4H3. The minimum atomic E-state index is -1.57. The van der Waals surface area contributed by atoms with Crippen molar-refractivity contribution < 1.29 is 38.6 Å². The maximum absolute atomic E-state index is 13.0. The van der Waals surface area contributed by atoms with E-state index < -0.39 is 20.1 Å². The zero-order chi connectivity index (χ0) is 24.9. The van der Waals surface area contributed by atoms with E-state index >= 15 is 0 Å². The number of carbonyl (C=O) groups is 2. The largest absolute Gasteiger partial charge is 0.464 e. The van der Waals surface area contributed by atoms with Gasteiger partial charge < -0.3 is 9.47 Å². The van der Waals surface area contributed by atoms with Gasteiger partial charge in [0.1, 0.15) is 17.3 Å². The van der Waals surface area contributed by atoms with Crippen molar-refractivity contribution >= 4 is 90.8 Å². The average Bonchev–Trinajstić information content (AvgIpc) is 3.40. The van der Waals surface area contributed by atoms with E-state index in [2.05, 4.69) is 31.9 Å². The predicted molar refractivity (Wildman–Crippen MR) is 139 cm³/mol. The van der Waals surface area contributed by atoms with Gasteiger partial charge in [-0.15, -0.1) is 23.5 Å². The summed E-state index contributed by atoms with van der Waals surface area (Å²) in [5.41, 5.74) is 0. The fourth-order valence-electron chi connectivity index (χ4n) is 2.96. The van der Waals surface area contributed by atoms with E-state index in [-0.39, 0.29) is 26.4 Å². The Kier molecular flexibility index (Phi) is 10.8. The molecule has 0 spiro atoms. The Hall–Kier alpha value is 0.360. The van der Waals surface area contributed by atoms with Gasteiger partial charge in [0.15, 0.2) is 0 Å². The fraction of sp³-hybridized carbons (Fsp3) is 0.600. The third-order valence-corrected chi connectivity index (χ3v) is 13.1. The van der Waals surface area contributed by atoms with Gasteiger partial charge in [0.05, 0.1) is 26.4 Å². The minimum absolute atomic E-state index is 0.157. The second-order valence-corrected chi connectivity index (χ2v) is 14.0. The number of benzene rings is 1. The van der Waals surface area contributed by atoms with Gasteiger partial charge in [-0.05, 0) is 59.6 Å². The van der Waals surface area contributed by atoms with Crippen LogP contribution in [0.4, 0.5) is 0 Å². The molecule has 8 nitrogen and oxygen atoms in total. The molecule has 2 aliphatic heterocycles. The summed E-state index contributed by atoms with van der Waals surface area (Å²) in [6.45, 7) is 8.75. The molecule has 0 aromatic heterocycles. The van der Waals surface area contributed by atoms with Gasteiger partial charge in [0.25, 0.3) is 4.08 Å². The van der Waals surface area contributed by atoms with Crippen LogP contribution in [0.2, 0.25) is 0 Å². The van der Waals surface area contributed by atoms with Crippen molar-refractivity contribution in [3.05, 3.63) is 8.95 Å². The van der Waals surface area contributed by atoms with Gasteiger partial charge in [-0.1, -0.05) is 23.5 Å². The Morgan fingerprint density at radius 2 is 1.03 bits per heavy atom. The molecular formula is C20H24Br2O8S4. The fourth-order valence-corrected chi connectivity index (χ4v) is 11.1. The van der Waals surface area contributed by atoms with Crippen LogP contribution in [-0.4, -0.2) is 59.7 Å². The first kappa shape index (κ1) is 28.9. The monoisotopic (exact) mass is 678 g/mol. The first-order valence-corrected chi connectivity index (χ1v) is 15.3. The summed E-state index contributed by atoms with van der Waals surface area (Å²) in [4.78, 5) is 50.4. The van der Waals surface area contributed by atoms with Gasteiger partial charge in [-0.3, -0.25) is 0 Å². The van der Waals surface area contributed by atoms with Crippen LogP contribution in [0.25, 0.3) is 0 Å². The van der Waals surface area contributed by atoms with Crippen LogP contribution in [0.15, 0.2) is 28.5 Å². The van der Waals surface area contributed by atoms with E-state index in [1.54, 1.807) is 37.4 Å². The molecule has 0 saturated carbocycles. The number of fused-ring (bicyclic) bond motifs is 2. The van der Waals surface area contributed by atoms with E-state index in [1.807, 2.05) is 13.8 Å². The lowest BCUT2D eigenvalue weighted by Gasteiger charge is -2.25. The van der Waals surface area contributed by atoms with Crippen LogP contribution in [0.1, 0.15) is 27.7 Å². The molecule has 0 saturated heterocycles. The highest BCUT2D eigenvalue weighted by atomic mass is 79.9. The number of halogens is 2. The maximum Gasteiger partial charge on any atom is 0.345 e. The summed E-state index contributed by atoms with van der Waals surface area (Å²) in [6, 6.07) is 0. The molecule has 34 heavy (non-hydrogen) atoms. The molecule has 0 radical (unpaired) electrons. The van der Waals surface area contributed by atoms with Crippen molar-refractivity contribution in [3.8, 4) is 0 Å². The first-order valence-electron chi connectivity index (χ1n) is 10.4. The summed E-state index contributed by atoms with van der Waals surface area (Å²) in [5.74, 6) is -1.27. The van der Waals surface area contributed by atoms with Crippen LogP contribution < -0.4 is 0 Å². The summed E-state index contributed by atoms with van der Waals surface area (Å²) in [6.07, 6.45) is 0. The normalized spacial score (nSPS) is 17.4. The summed E-state index contributed by atoms with van der Waals surface area (Å²) in [7, 11) is 0. The maximum atomic E-state index is 13.0. The van der Waals surface area contributed by atoms with Crippen molar-refractivity contribution in [1.82, 2.24) is 0 Å². The molecule has 0 N–H and O–H groups in total. The molecule has 0 atom stereocenters. The third-order valence-electron chi connectivity index (χ3n) is 4.33. The molecule has 0 fully saturated rings. The van der Waals surface area contributed by atoms with Gasteiger partial charge >= 0.3 is 11.9 Å². The number of hydrogen-bond donors (Lipinski definition) is 0. The van der Waals surface area contributed by atoms with Crippen molar-refractivity contribution in [2.24, 2.45) is 0 Å². The van der Waals surface area contributed by atoms with Crippen LogP contribution in [0, 0.1) is 0 Å². The zero-order valence-electron chi connectivity index (χ0n) is 18.9. The second-order valence-electron chi connectivity index (χ2n) is 6.66. The third kappa shape index (κ3) is 5.76. The van der Waals surface area contributed by atoms with Crippen molar-refractivity contribution in [2.75, 3.05) is 39.6 Å². The van der Waals surface area contributed by atoms with E-state index in [1.165, 1.54) is 0 Å². The van der Waals surface area contributed by atoms with Crippen molar-refractivity contribution in [2.45, 2.75) is 55.4 Å². The van der Waals surface area contributed by atoms with Gasteiger partial charge in [-0.25, -0.2) is 29.1 Å². The number of thioether (sulfide) groups is 4. The van der Waals surface area contributed by atoms with Crippen LogP contribution >= 0.6 is 78.9 Å². The molecule has 0 aliphatic carbocycles. The molecule has 2 heterocycles. The Morgan fingerprint density at radius 1 is 0.647 bits per heavy atom. The Balaban J connectivity index is 1.98. The lowest BCUT2D eigenvalue weighted by molar-refractivity contribution is -0.312. The SMILES string of the molecule is CCOOCC1(COOCC)Sc2c(Br)c3c(c(Br)c2S1)SC(C(=O)OCC)(C(=O)OCC)S3. The Labute approximate surface area is 232 Å². The highest BCUT2D eigenvalue weighted by Crippen LogP contribution is 2.68. The zero-order valence-corrected chi connectivity index (χ0v) is 25.3. The molecule has 1 aromatic carbocycles. The van der Waals surface area contributed by atoms with E-state index in [0.717, 1.165) is 52.1 Å². The summed E-state index contributed by atoms with van der Waals surface area (Å²) in [5, 5.41) is 0. The van der Waals surface area contributed by atoms with Crippen LogP contribution in [-0.2, 0) is 38.6 Å². The summed E-state index contributed by atoms with van der Waals surface area (Å²) >= 11 is 12.8.